The van der Waals surface area contributed by atoms with E-state index < -0.39 is 0 Å². The Morgan fingerprint density at radius 1 is 1.52 bits per heavy atom. The zero-order valence-corrected chi connectivity index (χ0v) is 13.8. The summed E-state index contributed by atoms with van der Waals surface area (Å²) in [5.74, 6) is 0.296. The lowest BCUT2D eigenvalue weighted by Gasteiger charge is -2.44. The first-order valence-corrected chi connectivity index (χ1v) is 8.05. The smallest absolute Gasteiger partial charge is 0.142 e. The van der Waals surface area contributed by atoms with Gasteiger partial charge in [-0.2, -0.15) is 0 Å². The summed E-state index contributed by atoms with van der Waals surface area (Å²) in [4.78, 5) is 0. The molecule has 3 atom stereocenters. The third kappa shape index (κ3) is 3.58. The fourth-order valence-electron chi connectivity index (χ4n) is 3.67. The molecule has 4 heteroatoms. The van der Waals surface area contributed by atoms with Crippen LogP contribution >= 0.6 is 11.6 Å². The fourth-order valence-corrected chi connectivity index (χ4v) is 3.87. The van der Waals surface area contributed by atoms with Crippen LogP contribution in [0.1, 0.15) is 38.2 Å². The molecule has 0 radical (unpaired) electrons. The molecule has 1 aromatic rings. The van der Waals surface area contributed by atoms with E-state index in [4.69, 9.17) is 16.3 Å². The molecule has 21 heavy (non-hydrogen) atoms. The number of ether oxygens (including phenoxy) is 1. The van der Waals surface area contributed by atoms with Gasteiger partial charge in [-0.1, -0.05) is 43.5 Å². The van der Waals surface area contributed by atoms with E-state index in [1.165, 1.54) is 18.9 Å². The number of rotatable bonds is 5. The highest BCUT2D eigenvalue weighted by Gasteiger charge is 2.41. The van der Waals surface area contributed by atoms with Gasteiger partial charge in [-0.3, -0.25) is 0 Å². The van der Waals surface area contributed by atoms with Crippen LogP contribution in [0.15, 0.2) is 18.2 Å². The zero-order valence-electron chi connectivity index (χ0n) is 13.1. The second-order valence-electron chi connectivity index (χ2n) is 6.23. The van der Waals surface area contributed by atoms with E-state index in [1.54, 1.807) is 13.2 Å². The van der Waals surface area contributed by atoms with E-state index >= 15 is 0 Å². The highest BCUT2D eigenvalue weighted by atomic mass is 35.5. The molecule has 0 saturated heterocycles. The summed E-state index contributed by atoms with van der Waals surface area (Å²) in [7, 11) is 3.73. The lowest BCUT2D eigenvalue weighted by molar-refractivity contribution is -0.0775. The van der Waals surface area contributed by atoms with Crippen molar-refractivity contribution in [2.24, 2.45) is 5.92 Å². The van der Waals surface area contributed by atoms with Crippen LogP contribution in [-0.2, 0) is 11.2 Å². The summed E-state index contributed by atoms with van der Waals surface area (Å²) in [6.45, 7) is 2.27. The maximum atomic E-state index is 13.6. The first-order valence-electron chi connectivity index (χ1n) is 7.67. The predicted octanol–water partition coefficient (Wildman–Crippen LogP) is 4.20. The first-order chi connectivity index (χ1) is 10.0. The van der Waals surface area contributed by atoms with Crippen molar-refractivity contribution >= 4 is 11.6 Å². The van der Waals surface area contributed by atoms with Crippen LogP contribution in [0.2, 0.25) is 5.02 Å². The molecule has 1 N–H and O–H groups in total. The number of hydrogen-bond acceptors (Lipinski definition) is 2. The van der Waals surface area contributed by atoms with Gasteiger partial charge in [0.2, 0.25) is 0 Å². The van der Waals surface area contributed by atoms with Crippen molar-refractivity contribution in [2.75, 3.05) is 14.2 Å². The summed E-state index contributed by atoms with van der Waals surface area (Å²) in [5, 5.41) is 3.60. The quantitative estimate of drug-likeness (QED) is 0.879. The van der Waals surface area contributed by atoms with Gasteiger partial charge in [0.05, 0.1) is 10.6 Å². The second-order valence-corrected chi connectivity index (χ2v) is 6.61. The molecule has 0 bridgehead atoms. The summed E-state index contributed by atoms with van der Waals surface area (Å²) in [5.41, 5.74) is 0.646. The van der Waals surface area contributed by atoms with Gasteiger partial charge >= 0.3 is 0 Å². The van der Waals surface area contributed by atoms with Crippen molar-refractivity contribution in [2.45, 2.75) is 50.7 Å². The Bertz CT molecular complexity index is 482. The SMILES string of the molecule is CNC(Cc1cccc(F)c1Cl)C1(OC)CCCC(C)C1. The monoisotopic (exact) mass is 313 g/mol. The minimum Gasteiger partial charge on any atom is -0.377 e. The van der Waals surface area contributed by atoms with E-state index in [1.807, 2.05) is 13.1 Å². The molecule has 2 rings (SSSR count). The van der Waals surface area contributed by atoms with E-state index in [-0.39, 0.29) is 22.5 Å². The molecule has 0 aromatic heterocycles. The Hall–Kier alpha value is -0.640. The van der Waals surface area contributed by atoms with Crippen LogP contribution in [0, 0.1) is 11.7 Å². The molecule has 2 nitrogen and oxygen atoms in total. The van der Waals surface area contributed by atoms with E-state index in [0.29, 0.717) is 12.3 Å². The van der Waals surface area contributed by atoms with Crippen molar-refractivity contribution in [1.82, 2.24) is 5.32 Å². The van der Waals surface area contributed by atoms with Gasteiger partial charge in [0, 0.05) is 13.2 Å². The normalized spacial score (nSPS) is 27.6. The zero-order chi connectivity index (χ0) is 15.5. The molecule has 1 aromatic carbocycles. The Kier molecular flexibility index (Phi) is 5.64. The summed E-state index contributed by atoms with van der Waals surface area (Å²) >= 11 is 6.11. The molecule has 1 fully saturated rings. The van der Waals surface area contributed by atoms with Gasteiger partial charge in [-0.05, 0) is 43.9 Å². The number of likely N-dealkylation sites (N-methyl/N-ethyl adjacent to an activating group) is 1. The Balaban J connectivity index is 2.23. The second kappa shape index (κ2) is 7.08. The molecule has 0 heterocycles. The summed E-state index contributed by atoms with van der Waals surface area (Å²) < 4.78 is 19.6. The van der Waals surface area contributed by atoms with Crippen LogP contribution in [-0.4, -0.2) is 25.8 Å². The fraction of sp³-hybridized carbons (Fsp3) is 0.647. The van der Waals surface area contributed by atoms with Gasteiger partial charge in [0.15, 0.2) is 0 Å². The Labute approximate surface area is 132 Å². The molecule has 0 amide bonds. The lowest BCUT2D eigenvalue weighted by atomic mass is 9.73. The molecule has 1 aliphatic carbocycles. The van der Waals surface area contributed by atoms with Gasteiger partial charge in [0.25, 0.3) is 0 Å². The van der Waals surface area contributed by atoms with Crippen molar-refractivity contribution in [3.05, 3.63) is 34.6 Å². The van der Waals surface area contributed by atoms with Crippen molar-refractivity contribution < 1.29 is 9.13 Å². The van der Waals surface area contributed by atoms with Gasteiger partial charge in [-0.15, -0.1) is 0 Å². The number of halogens is 2. The predicted molar refractivity (Wildman–Crippen MR) is 85.3 cm³/mol. The minimum absolute atomic E-state index is 0.129. The Morgan fingerprint density at radius 3 is 2.90 bits per heavy atom. The minimum atomic E-state index is -0.354. The molecule has 1 aliphatic rings. The van der Waals surface area contributed by atoms with Gasteiger partial charge in [0.1, 0.15) is 5.82 Å². The average molecular weight is 314 g/mol. The number of hydrogen-bond donors (Lipinski definition) is 1. The largest absolute Gasteiger partial charge is 0.377 e. The molecule has 118 valence electrons. The molecule has 0 aliphatic heterocycles. The van der Waals surface area contributed by atoms with Crippen molar-refractivity contribution in [1.29, 1.82) is 0 Å². The van der Waals surface area contributed by atoms with Gasteiger partial charge < -0.3 is 10.1 Å². The molecular formula is C17H25ClFNO. The third-order valence-electron chi connectivity index (χ3n) is 4.84. The third-order valence-corrected chi connectivity index (χ3v) is 5.26. The van der Waals surface area contributed by atoms with Crippen LogP contribution in [0.3, 0.4) is 0 Å². The average Bonchev–Trinajstić information content (AvgIpc) is 2.48. The highest BCUT2D eigenvalue weighted by molar-refractivity contribution is 6.31. The van der Waals surface area contributed by atoms with E-state index in [9.17, 15) is 4.39 Å². The van der Waals surface area contributed by atoms with Crippen molar-refractivity contribution in [3.63, 3.8) is 0 Å². The van der Waals surface area contributed by atoms with Crippen LogP contribution < -0.4 is 5.32 Å². The lowest BCUT2D eigenvalue weighted by Crippen LogP contribution is -2.54. The molecule has 3 unspecified atom stereocenters. The maximum Gasteiger partial charge on any atom is 0.142 e. The topological polar surface area (TPSA) is 21.3 Å². The maximum absolute atomic E-state index is 13.6. The molecule has 1 saturated carbocycles. The van der Waals surface area contributed by atoms with Crippen molar-refractivity contribution in [3.8, 4) is 0 Å². The molecule has 0 spiro atoms. The van der Waals surface area contributed by atoms with Crippen LogP contribution in [0.4, 0.5) is 4.39 Å². The van der Waals surface area contributed by atoms with E-state index in [0.717, 1.165) is 18.4 Å². The standard InChI is InChI=1S/C17H25ClFNO/c1-12-6-5-9-17(11-12,21-3)15(20-2)10-13-7-4-8-14(19)16(13)18/h4,7-8,12,15,20H,5-6,9-11H2,1-3H3. The molecular weight excluding hydrogens is 289 g/mol. The van der Waals surface area contributed by atoms with Crippen LogP contribution in [0.25, 0.3) is 0 Å². The van der Waals surface area contributed by atoms with Crippen LogP contribution in [0.5, 0.6) is 0 Å². The number of methoxy groups -OCH3 is 1. The Morgan fingerprint density at radius 2 is 2.29 bits per heavy atom. The highest BCUT2D eigenvalue weighted by Crippen LogP contribution is 2.38. The van der Waals surface area contributed by atoms with E-state index in [2.05, 4.69) is 12.2 Å². The number of benzene rings is 1. The summed E-state index contributed by atoms with van der Waals surface area (Å²) in [6, 6.07) is 5.14. The first kappa shape index (κ1) is 16.7. The van der Waals surface area contributed by atoms with Gasteiger partial charge in [-0.25, -0.2) is 4.39 Å². The number of nitrogens with one attached hydrogen (secondary N) is 1. The summed E-state index contributed by atoms with van der Waals surface area (Å²) in [6.07, 6.45) is 5.16.